The van der Waals surface area contributed by atoms with Gasteiger partial charge < -0.3 is 20.5 Å². The fraction of sp³-hybridized carbons (Fsp3) is 0.857. The molecule has 0 unspecified atom stereocenters. The number of amides is 2. The van der Waals surface area contributed by atoms with Crippen molar-refractivity contribution in [2.75, 3.05) is 19.8 Å². The molecule has 0 aromatic rings. The van der Waals surface area contributed by atoms with Crippen molar-refractivity contribution in [1.82, 2.24) is 10.6 Å². The minimum Gasteiger partial charge on any atom is -0.481 e. The van der Waals surface area contributed by atoms with E-state index in [0.29, 0.717) is 19.6 Å². The van der Waals surface area contributed by atoms with Crippen LogP contribution in [0.2, 0.25) is 0 Å². The molecule has 2 amide bonds. The van der Waals surface area contributed by atoms with Crippen molar-refractivity contribution in [1.29, 1.82) is 0 Å². The summed E-state index contributed by atoms with van der Waals surface area (Å²) in [6.07, 6.45) is 3.39. The molecule has 0 aliphatic heterocycles. The highest BCUT2D eigenvalue weighted by atomic mass is 16.5. The van der Waals surface area contributed by atoms with Gasteiger partial charge in [-0.1, -0.05) is 13.3 Å². The molecule has 20 heavy (non-hydrogen) atoms. The Hall–Kier alpha value is -1.30. The molecule has 0 bridgehead atoms. The molecule has 0 saturated carbocycles. The van der Waals surface area contributed by atoms with Crippen molar-refractivity contribution in [3.8, 4) is 0 Å². The van der Waals surface area contributed by atoms with Crippen LogP contribution in [0.25, 0.3) is 0 Å². The second-order valence-corrected chi connectivity index (χ2v) is 5.48. The van der Waals surface area contributed by atoms with Gasteiger partial charge in [-0.15, -0.1) is 0 Å². The largest absolute Gasteiger partial charge is 0.481 e. The van der Waals surface area contributed by atoms with Crippen LogP contribution >= 0.6 is 0 Å². The first-order chi connectivity index (χ1) is 9.37. The minimum absolute atomic E-state index is 0.0402. The van der Waals surface area contributed by atoms with Gasteiger partial charge in [-0.05, 0) is 33.1 Å². The van der Waals surface area contributed by atoms with Crippen LogP contribution in [0.15, 0.2) is 0 Å². The third-order valence-corrected chi connectivity index (χ3v) is 2.81. The van der Waals surface area contributed by atoms with E-state index in [4.69, 9.17) is 9.84 Å². The van der Waals surface area contributed by atoms with Crippen LogP contribution < -0.4 is 10.6 Å². The zero-order chi connectivity index (χ0) is 15.4. The maximum absolute atomic E-state index is 11.6. The first-order valence-electron chi connectivity index (χ1n) is 7.23. The van der Waals surface area contributed by atoms with Crippen molar-refractivity contribution in [3.05, 3.63) is 0 Å². The van der Waals surface area contributed by atoms with E-state index in [0.717, 1.165) is 25.9 Å². The third kappa shape index (κ3) is 11.8. The maximum Gasteiger partial charge on any atom is 0.315 e. The number of carbonyl (C=O) groups is 2. The van der Waals surface area contributed by atoms with Gasteiger partial charge in [0.25, 0.3) is 0 Å². The summed E-state index contributed by atoms with van der Waals surface area (Å²) in [6.45, 7) is 7.69. The van der Waals surface area contributed by atoms with Gasteiger partial charge in [0.05, 0.1) is 0 Å². The molecule has 0 heterocycles. The Morgan fingerprint density at radius 1 is 1.20 bits per heavy atom. The Morgan fingerprint density at radius 2 is 1.85 bits per heavy atom. The summed E-state index contributed by atoms with van der Waals surface area (Å²) in [4.78, 5) is 22.1. The van der Waals surface area contributed by atoms with Crippen molar-refractivity contribution in [3.63, 3.8) is 0 Å². The number of ether oxygens (including phenoxy) is 1. The summed E-state index contributed by atoms with van der Waals surface area (Å²) < 4.78 is 5.38. The topological polar surface area (TPSA) is 87.7 Å². The van der Waals surface area contributed by atoms with Crippen LogP contribution in [0.5, 0.6) is 0 Å². The van der Waals surface area contributed by atoms with Gasteiger partial charge in [-0.25, -0.2) is 4.79 Å². The normalized spacial score (nSPS) is 11.2. The number of carboxylic acids is 1. The van der Waals surface area contributed by atoms with E-state index in [1.807, 2.05) is 13.8 Å². The number of rotatable bonds is 11. The predicted molar refractivity (Wildman–Crippen MR) is 77.8 cm³/mol. The molecule has 0 aromatic heterocycles. The molecule has 0 saturated heterocycles. The Balaban J connectivity index is 3.63. The van der Waals surface area contributed by atoms with Crippen LogP contribution in [0, 0.1) is 0 Å². The monoisotopic (exact) mass is 288 g/mol. The molecular weight excluding hydrogens is 260 g/mol. The van der Waals surface area contributed by atoms with Gasteiger partial charge >= 0.3 is 12.0 Å². The van der Waals surface area contributed by atoms with E-state index in [-0.39, 0.29) is 12.5 Å². The number of hydrogen-bond acceptors (Lipinski definition) is 3. The zero-order valence-electron chi connectivity index (χ0n) is 12.8. The van der Waals surface area contributed by atoms with E-state index < -0.39 is 11.5 Å². The highest BCUT2D eigenvalue weighted by Gasteiger charge is 2.21. The first-order valence-corrected chi connectivity index (χ1v) is 7.23. The van der Waals surface area contributed by atoms with Gasteiger partial charge in [0.1, 0.15) is 0 Å². The second-order valence-electron chi connectivity index (χ2n) is 5.48. The molecule has 0 rings (SSSR count). The molecule has 0 aliphatic rings. The summed E-state index contributed by atoms with van der Waals surface area (Å²) in [5.74, 6) is -0.857. The van der Waals surface area contributed by atoms with Crippen molar-refractivity contribution >= 4 is 12.0 Å². The molecule has 118 valence electrons. The van der Waals surface area contributed by atoms with Gasteiger partial charge in [0.2, 0.25) is 0 Å². The van der Waals surface area contributed by atoms with Crippen LogP contribution in [0.3, 0.4) is 0 Å². The fourth-order valence-electron chi connectivity index (χ4n) is 1.56. The lowest BCUT2D eigenvalue weighted by molar-refractivity contribution is -0.137. The molecule has 0 radical (unpaired) electrons. The number of aliphatic carboxylic acids is 1. The number of nitrogens with one attached hydrogen (secondary N) is 2. The molecule has 3 N–H and O–H groups in total. The average molecular weight is 288 g/mol. The summed E-state index contributed by atoms with van der Waals surface area (Å²) in [6, 6.07) is -0.269. The molecule has 0 spiro atoms. The fourth-order valence-corrected chi connectivity index (χ4v) is 1.56. The third-order valence-electron chi connectivity index (χ3n) is 2.81. The summed E-state index contributed by atoms with van der Waals surface area (Å²) in [5, 5.41) is 14.1. The highest BCUT2D eigenvalue weighted by Crippen LogP contribution is 2.10. The molecule has 0 aliphatic carbocycles. The molecule has 6 heteroatoms. The standard InChI is InChI=1S/C14H28N2O4/c1-4-5-10-20-11-6-9-15-13(19)16-14(2,3)8-7-12(17)18/h4-11H2,1-3H3,(H,17,18)(H2,15,16,19). The lowest BCUT2D eigenvalue weighted by Crippen LogP contribution is -2.48. The highest BCUT2D eigenvalue weighted by molar-refractivity contribution is 5.74. The predicted octanol–water partition coefficient (Wildman–Crippen LogP) is 2.14. The number of carbonyl (C=O) groups excluding carboxylic acids is 1. The Labute approximate surface area is 121 Å². The second kappa shape index (κ2) is 10.5. The number of carboxylic acid groups (broad SMARTS) is 1. The maximum atomic E-state index is 11.6. The van der Waals surface area contributed by atoms with Crippen LogP contribution in [0.1, 0.15) is 52.9 Å². The lowest BCUT2D eigenvalue weighted by Gasteiger charge is -2.25. The summed E-state index contributed by atoms with van der Waals surface area (Å²) in [5.41, 5.74) is -0.528. The smallest absolute Gasteiger partial charge is 0.315 e. The first kappa shape index (κ1) is 18.7. The van der Waals surface area contributed by atoms with E-state index in [1.165, 1.54) is 0 Å². The quantitative estimate of drug-likeness (QED) is 0.508. The molecule has 6 nitrogen and oxygen atoms in total. The van der Waals surface area contributed by atoms with E-state index in [1.54, 1.807) is 0 Å². The van der Waals surface area contributed by atoms with E-state index in [9.17, 15) is 9.59 Å². The summed E-state index contributed by atoms with van der Waals surface area (Å²) >= 11 is 0. The Bertz CT molecular complexity index is 293. The van der Waals surface area contributed by atoms with Crippen LogP contribution in [0.4, 0.5) is 4.79 Å². The number of hydrogen-bond donors (Lipinski definition) is 3. The van der Waals surface area contributed by atoms with Gasteiger partial charge in [0, 0.05) is 31.7 Å². The van der Waals surface area contributed by atoms with Crippen LogP contribution in [-0.2, 0) is 9.53 Å². The van der Waals surface area contributed by atoms with Crippen molar-refractivity contribution < 1.29 is 19.4 Å². The number of urea groups is 1. The van der Waals surface area contributed by atoms with Gasteiger partial charge in [-0.3, -0.25) is 4.79 Å². The van der Waals surface area contributed by atoms with Crippen molar-refractivity contribution in [2.24, 2.45) is 0 Å². The van der Waals surface area contributed by atoms with Gasteiger partial charge in [-0.2, -0.15) is 0 Å². The molecular formula is C14H28N2O4. The molecule has 0 atom stereocenters. The molecule has 0 aromatic carbocycles. The minimum atomic E-state index is -0.857. The zero-order valence-corrected chi connectivity index (χ0v) is 12.8. The number of unbranched alkanes of at least 4 members (excludes halogenated alkanes) is 1. The average Bonchev–Trinajstić information content (AvgIpc) is 2.35. The van der Waals surface area contributed by atoms with Gasteiger partial charge in [0.15, 0.2) is 0 Å². The van der Waals surface area contributed by atoms with E-state index >= 15 is 0 Å². The SMILES string of the molecule is CCCCOCCCNC(=O)NC(C)(C)CCC(=O)O. The Morgan fingerprint density at radius 3 is 2.45 bits per heavy atom. The Kier molecular flexibility index (Phi) is 9.80. The van der Waals surface area contributed by atoms with E-state index in [2.05, 4.69) is 17.6 Å². The summed E-state index contributed by atoms with van der Waals surface area (Å²) in [7, 11) is 0. The van der Waals surface area contributed by atoms with Crippen molar-refractivity contribution in [2.45, 2.75) is 58.4 Å². The molecule has 0 fully saturated rings. The van der Waals surface area contributed by atoms with Crippen LogP contribution in [-0.4, -0.2) is 42.4 Å². The lowest BCUT2D eigenvalue weighted by atomic mass is 9.99.